The highest BCUT2D eigenvalue weighted by Crippen LogP contribution is 2.31. The standard InChI is InChI=1S/C19H22N2O2/c1-23-18-10-3-2-9-17(18)14-6-4-7-16(12-14)21-19(22)13-15-8-5-11-20-15/h2-4,6-7,9-10,12,15,20H,5,8,11,13H2,1H3,(H,21,22). The van der Waals surface area contributed by atoms with E-state index in [1.54, 1.807) is 7.11 Å². The number of ether oxygens (including phenoxy) is 1. The number of nitrogens with one attached hydrogen (secondary N) is 2. The van der Waals surface area contributed by atoms with Crippen molar-refractivity contribution in [3.05, 3.63) is 48.5 Å². The largest absolute Gasteiger partial charge is 0.496 e. The summed E-state index contributed by atoms with van der Waals surface area (Å²) in [5, 5.41) is 6.34. The van der Waals surface area contributed by atoms with Gasteiger partial charge in [-0.15, -0.1) is 0 Å². The Bertz CT molecular complexity index is 679. The Labute approximate surface area is 136 Å². The summed E-state index contributed by atoms with van der Waals surface area (Å²) in [6, 6.07) is 16.1. The van der Waals surface area contributed by atoms with Crippen molar-refractivity contribution in [3.63, 3.8) is 0 Å². The topological polar surface area (TPSA) is 50.4 Å². The molecule has 1 atom stereocenters. The van der Waals surface area contributed by atoms with E-state index >= 15 is 0 Å². The van der Waals surface area contributed by atoms with Crippen LogP contribution < -0.4 is 15.4 Å². The third-order valence-electron chi connectivity index (χ3n) is 4.16. The SMILES string of the molecule is COc1ccccc1-c1cccc(NC(=O)CC2CCCN2)c1. The van der Waals surface area contributed by atoms with Crippen molar-refractivity contribution in [2.75, 3.05) is 19.0 Å². The lowest BCUT2D eigenvalue weighted by atomic mass is 10.0. The van der Waals surface area contributed by atoms with E-state index in [2.05, 4.69) is 10.6 Å². The van der Waals surface area contributed by atoms with Crippen LogP contribution in [0.3, 0.4) is 0 Å². The number of rotatable bonds is 5. The lowest BCUT2D eigenvalue weighted by Gasteiger charge is -2.12. The first-order valence-electron chi connectivity index (χ1n) is 8.03. The van der Waals surface area contributed by atoms with Gasteiger partial charge in [-0.3, -0.25) is 4.79 Å². The van der Waals surface area contributed by atoms with E-state index < -0.39 is 0 Å². The molecule has 4 heteroatoms. The van der Waals surface area contributed by atoms with Crippen molar-refractivity contribution in [2.24, 2.45) is 0 Å². The fourth-order valence-electron chi connectivity index (χ4n) is 3.01. The van der Waals surface area contributed by atoms with E-state index in [1.807, 2.05) is 48.5 Å². The Morgan fingerprint density at radius 2 is 2.13 bits per heavy atom. The molecule has 1 aliphatic rings. The van der Waals surface area contributed by atoms with Gasteiger partial charge < -0.3 is 15.4 Å². The van der Waals surface area contributed by atoms with E-state index in [4.69, 9.17) is 4.74 Å². The molecule has 0 saturated carbocycles. The van der Waals surface area contributed by atoms with Crippen molar-refractivity contribution in [1.29, 1.82) is 0 Å². The lowest BCUT2D eigenvalue weighted by molar-refractivity contribution is -0.116. The fraction of sp³-hybridized carbons (Fsp3) is 0.316. The minimum absolute atomic E-state index is 0.0570. The first kappa shape index (κ1) is 15.6. The van der Waals surface area contributed by atoms with Crippen LogP contribution in [0.25, 0.3) is 11.1 Å². The fourth-order valence-corrected chi connectivity index (χ4v) is 3.01. The molecule has 2 aromatic rings. The molecule has 1 unspecified atom stereocenters. The van der Waals surface area contributed by atoms with Crippen LogP contribution in [0, 0.1) is 0 Å². The highest BCUT2D eigenvalue weighted by atomic mass is 16.5. The van der Waals surface area contributed by atoms with Gasteiger partial charge in [0.05, 0.1) is 7.11 Å². The number of hydrogen-bond donors (Lipinski definition) is 2. The Kier molecular flexibility index (Phi) is 4.93. The number of benzene rings is 2. The molecular weight excluding hydrogens is 288 g/mol. The number of hydrogen-bond acceptors (Lipinski definition) is 3. The molecule has 0 bridgehead atoms. The summed E-state index contributed by atoms with van der Waals surface area (Å²) in [4.78, 5) is 12.2. The van der Waals surface area contributed by atoms with Gasteiger partial charge in [0.2, 0.25) is 5.91 Å². The lowest BCUT2D eigenvalue weighted by Crippen LogP contribution is -2.27. The number of amides is 1. The molecule has 1 saturated heterocycles. The second-order valence-electron chi connectivity index (χ2n) is 5.83. The second kappa shape index (κ2) is 7.29. The molecular formula is C19H22N2O2. The van der Waals surface area contributed by atoms with Crippen LogP contribution in [-0.4, -0.2) is 25.6 Å². The molecule has 3 rings (SSSR count). The maximum atomic E-state index is 12.2. The first-order chi connectivity index (χ1) is 11.3. The zero-order valence-electron chi connectivity index (χ0n) is 13.3. The number of methoxy groups -OCH3 is 1. The summed E-state index contributed by atoms with van der Waals surface area (Å²) in [5.41, 5.74) is 2.86. The van der Waals surface area contributed by atoms with Crippen LogP contribution in [0.5, 0.6) is 5.75 Å². The minimum atomic E-state index is 0.0570. The maximum Gasteiger partial charge on any atom is 0.225 e. The maximum absolute atomic E-state index is 12.2. The Balaban J connectivity index is 1.73. The molecule has 1 fully saturated rings. The molecule has 0 aromatic heterocycles. The van der Waals surface area contributed by atoms with Gasteiger partial charge in [0.15, 0.2) is 0 Å². The minimum Gasteiger partial charge on any atom is -0.496 e. The predicted octanol–water partition coefficient (Wildman–Crippen LogP) is 3.44. The normalized spacial score (nSPS) is 17.0. The highest BCUT2D eigenvalue weighted by molar-refractivity contribution is 5.92. The Morgan fingerprint density at radius 3 is 2.91 bits per heavy atom. The van der Waals surface area contributed by atoms with Crippen LogP contribution in [0.1, 0.15) is 19.3 Å². The summed E-state index contributed by atoms with van der Waals surface area (Å²) in [7, 11) is 1.67. The van der Waals surface area contributed by atoms with E-state index in [-0.39, 0.29) is 5.91 Å². The monoisotopic (exact) mass is 310 g/mol. The molecule has 1 amide bonds. The molecule has 23 heavy (non-hydrogen) atoms. The summed E-state index contributed by atoms with van der Waals surface area (Å²) < 4.78 is 5.41. The van der Waals surface area contributed by atoms with Gasteiger partial charge in [-0.05, 0) is 43.1 Å². The predicted molar refractivity (Wildman–Crippen MR) is 92.7 cm³/mol. The van der Waals surface area contributed by atoms with Crippen molar-refractivity contribution in [2.45, 2.75) is 25.3 Å². The molecule has 2 N–H and O–H groups in total. The highest BCUT2D eigenvalue weighted by Gasteiger charge is 2.17. The van der Waals surface area contributed by atoms with Gasteiger partial charge in [-0.1, -0.05) is 30.3 Å². The number of para-hydroxylation sites is 1. The van der Waals surface area contributed by atoms with Crippen LogP contribution in [0.2, 0.25) is 0 Å². The Morgan fingerprint density at radius 1 is 1.26 bits per heavy atom. The third kappa shape index (κ3) is 3.90. The van der Waals surface area contributed by atoms with Crippen molar-refractivity contribution in [1.82, 2.24) is 5.32 Å². The molecule has 120 valence electrons. The Hall–Kier alpha value is -2.33. The molecule has 0 spiro atoms. The van der Waals surface area contributed by atoms with E-state index in [0.29, 0.717) is 12.5 Å². The molecule has 0 radical (unpaired) electrons. The van der Waals surface area contributed by atoms with Crippen LogP contribution in [0.15, 0.2) is 48.5 Å². The second-order valence-corrected chi connectivity index (χ2v) is 5.83. The van der Waals surface area contributed by atoms with E-state index in [9.17, 15) is 4.79 Å². The van der Waals surface area contributed by atoms with Crippen molar-refractivity contribution < 1.29 is 9.53 Å². The van der Waals surface area contributed by atoms with Gasteiger partial charge in [-0.25, -0.2) is 0 Å². The van der Waals surface area contributed by atoms with Crippen molar-refractivity contribution >= 4 is 11.6 Å². The molecule has 4 nitrogen and oxygen atoms in total. The molecule has 1 heterocycles. The summed E-state index contributed by atoms with van der Waals surface area (Å²) >= 11 is 0. The van der Waals surface area contributed by atoms with Gasteiger partial charge in [0.1, 0.15) is 5.75 Å². The molecule has 2 aromatic carbocycles. The van der Waals surface area contributed by atoms with Crippen LogP contribution in [-0.2, 0) is 4.79 Å². The number of carbonyl (C=O) groups excluding carboxylic acids is 1. The third-order valence-corrected chi connectivity index (χ3v) is 4.16. The van der Waals surface area contributed by atoms with Gasteiger partial charge in [-0.2, -0.15) is 0 Å². The van der Waals surface area contributed by atoms with Gasteiger partial charge in [0, 0.05) is 23.7 Å². The van der Waals surface area contributed by atoms with Gasteiger partial charge in [0.25, 0.3) is 0 Å². The number of carbonyl (C=O) groups is 1. The van der Waals surface area contributed by atoms with E-state index in [1.165, 1.54) is 0 Å². The smallest absolute Gasteiger partial charge is 0.225 e. The average molecular weight is 310 g/mol. The summed E-state index contributed by atoms with van der Waals surface area (Å²) in [5.74, 6) is 0.882. The van der Waals surface area contributed by atoms with Crippen LogP contribution >= 0.6 is 0 Å². The zero-order chi connectivity index (χ0) is 16.1. The average Bonchev–Trinajstić information content (AvgIpc) is 3.07. The first-order valence-corrected chi connectivity index (χ1v) is 8.03. The number of anilines is 1. The van der Waals surface area contributed by atoms with E-state index in [0.717, 1.165) is 42.0 Å². The zero-order valence-corrected chi connectivity index (χ0v) is 13.3. The summed E-state index contributed by atoms with van der Waals surface area (Å²) in [6.07, 6.45) is 2.76. The van der Waals surface area contributed by atoms with Gasteiger partial charge >= 0.3 is 0 Å². The quantitative estimate of drug-likeness (QED) is 0.889. The van der Waals surface area contributed by atoms with Crippen LogP contribution in [0.4, 0.5) is 5.69 Å². The molecule has 0 aliphatic carbocycles. The summed E-state index contributed by atoms with van der Waals surface area (Å²) in [6.45, 7) is 1.02. The molecule has 1 aliphatic heterocycles. The van der Waals surface area contributed by atoms with Crippen molar-refractivity contribution in [3.8, 4) is 16.9 Å².